The molecule has 1 heterocycles. The van der Waals surface area contributed by atoms with E-state index in [9.17, 15) is 5.11 Å². The molecule has 2 aromatic rings. The van der Waals surface area contributed by atoms with Gasteiger partial charge in [-0.3, -0.25) is 0 Å². The highest BCUT2D eigenvalue weighted by molar-refractivity contribution is 7.10. The Morgan fingerprint density at radius 1 is 1.29 bits per heavy atom. The zero-order valence-corrected chi connectivity index (χ0v) is 11.5. The van der Waals surface area contributed by atoms with Gasteiger partial charge in [0.1, 0.15) is 6.10 Å². The fourth-order valence-corrected chi connectivity index (χ4v) is 3.03. The molecule has 0 aliphatic carbocycles. The highest BCUT2D eigenvalue weighted by Crippen LogP contribution is 2.35. The maximum Gasteiger partial charge on any atom is 0.115 e. The molecule has 0 spiro atoms. The summed E-state index contributed by atoms with van der Waals surface area (Å²) in [6.45, 7) is 4.07. The second-order valence-corrected chi connectivity index (χ2v) is 5.38. The maximum absolute atomic E-state index is 10.3. The number of hydrogen-bond donors (Lipinski definition) is 1. The van der Waals surface area contributed by atoms with E-state index in [4.69, 9.17) is 11.6 Å². The SMILES string of the molecule is CCc1ccc(C(O)c2scc(C)c2Cl)cc1. The first-order valence-corrected chi connectivity index (χ1v) is 6.89. The molecule has 1 atom stereocenters. The summed E-state index contributed by atoms with van der Waals surface area (Å²) in [6, 6.07) is 8.03. The van der Waals surface area contributed by atoms with E-state index in [2.05, 4.69) is 6.92 Å². The zero-order valence-electron chi connectivity index (χ0n) is 9.90. The van der Waals surface area contributed by atoms with Crippen LogP contribution in [0.15, 0.2) is 29.6 Å². The second kappa shape index (κ2) is 5.21. The van der Waals surface area contributed by atoms with Gasteiger partial charge in [-0.15, -0.1) is 11.3 Å². The monoisotopic (exact) mass is 266 g/mol. The van der Waals surface area contributed by atoms with Crippen LogP contribution >= 0.6 is 22.9 Å². The summed E-state index contributed by atoms with van der Waals surface area (Å²) in [5.41, 5.74) is 3.19. The van der Waals surface area contributed by atoms with E-state index in [-0.39, 0.29) is 0 Å². The van der Waals surface area contributed by atoms with Crippen LogP contribution in [0, 0.1) is 6.92 Å². The van der Waals surface area contributed by atoms with Crippen LogP contribution in [0.5, 0.6) is 0 Å². The van der Waals surface area contributed by atoms with Crippen molar-refractivity contribution in [3.8, 4) is 0 Å². The van der Waals surface area contributed by atoms with Gasteiger partial charge in [-0.1, -0.05) is 42.8 Å². The van der Waals surface area contributed by atoms with Crippen LogP contribution in [0.25, 0.3) is 0 Å². The Hall–Kier alpha value is -0.830. The minimum Gasteiger partial charge on any atom is -0.383 e. The molecule has 90 valence electrons. The van der Waals surface area contributed by atoms with E-state index >= 15 is 0 Å². The Balaban J connectivity index is 2.30. The standard InChI is InChI=1S/C14H15ClOS/c1-3-10-4-6-11(7-5-10)13(16)14-12(15)9(2)8-17-14/h4-8,13,16H,3H2,1-2H3. The van der Waals surface area contributed by atoms with Crippen molar-refractivity contribution in [1.82, 2.24) is 0 Å². The van der Waals surface area contributed by atoms with Crippen molar-refractivity contribution >= 4 is 22.9 Å². The molecule has 0 aliphatic rings. The van der Waals surface area contributed by atoms with Crippen LogP contribution in [0.3, 0.4) is 0 Å². The Morgan fingerprint density at radius 2 is 1.94 bits per heavy atom. The number of rotatable bonds is 3. The predicted octanol–water partition coefficient (Wildman–Crippen LogP) is 4.35. The number of hydrogen-bond acceptors (Lipinski definition) is 2. The van der Waals surface area contributed by atoms with Gasteiger partial charge in [0.15, 0.2) is 0 Å². The predicted molar refractivity (Wildman–Crippen MR) is 73.9 cm³/mol. The Morgan fingerprint density at radius 3 is 2.41 bits per heavy atom. The zero-order chi connectivity index (χ0) is 12.4. The average molecular weight is 267 g/mol. The molecule has 17 heavy (non-hydrogen) atoms. The topological polar surface area (TPSA) is 20.2 Å². The van der Waals surface area contributed by atoms with Gasteiger partial charge in [0, 0.05) is 0 Å². The molecule has 0 amide bonds. The van der Waals surface area contributed by atoms with Gasteiger partial charge in [-0.2, -0.15) is 0 Å². The minimum absolute atomic E-state index is 0.618. The fraction of sp³-hybridized carbons (Fsp3) is 0.286. The molecule has 1 unspecified atom stereocenters. The lowest BCUT2D eigenvalue weighted by Crippen LogP contribution is -1.98. The third-order valence-corrected chi connectivity index (χ3v) is 4.64. The first-order valence-electron chi connectivity index (χ1n) is 5.64. The van der Waals surface area contributed by atoms with Crippen LogP contribution < -0.4 is 0 Å². The summed E-state index contributed by atoms with van der Waals surface area (Å²) >= 11 is 7.67. The maximum atomic E-state index is 10.3. The smallest absolute Gasteiger partial charge is 0.115 e. The second-order valence-electron chi connectivity index (χ2n) is 4.09. The quantitative estimate of drug-likeness (QED) is 0.875. The summed E-state index contributed by atoms with van der Waals surface area (Å²) in [4.78, 5) is 0.827. The van der Waals surface area contributed by atoms with Crippen LogP contribution in [-0.2, 0) is 6.42 Å². The number of aliphatic hydroxyl groups excluding tert-OH is 1. The number of thiophene rings is 1. The van der Waals surface area contributed by atoms with Gasteiger partial charge in [0.25, 0.3) is 0 Å². The van der Waals surface area contributed by atoms with Crippen molar-refractivity contribution in [2.24, 2.45) is 0 Å². The lowest BCUT2D eigenvalue weighted by atomic mass is 10.0. The largest absolute Gasteiger partial charge is 0.383 e. The van der Waals surface area contributed by atoms with E-state index in [1.165, 1.54) is 16.9 Å². The van der Waals surface area contributed by atoms with Gasteiger partial charge in [-0.25, -0.2) is 0 Å². The van der Waals surface area contributed by atoms with Gasteiger partial charge in [0.2, 0.25) is 0 Å². The molecule has 1 aromatic carbocycles. The van der Waals surface area contributed by atoms with Gasteiger partial charge in [0.05, 0.1) is 9.90 Å². The van der Waals surface area contributed by atoms with Gasteiger partial charge in [-0.05, 0) is 35.4 Å². The van der Waals surface area contributed by atoms with E-state index < -0.39 is 6.10 Å². The summed E-state index contributed by atoms with van der Waals surface area (Å²) in [5, 5.41) is 12.9. The molecular weight excluding hydrogens is 252 g/mol. The Labute approximate surface area is 111 Å². The molecule has 1 N–H and O–H groups in total. The molecule has 0 bridgehead atoms. The molecule has 0 saturated carbocycles. The number of aliphatic hydroxyl groups is 1. The van der Waals surface area contributed by atoms with Crippen LogP contribution in [0.1, 0.15) is 34.6 Å². The third kappa shape index (κ3) is 2.54. The molecule has 0 aliphatic heterocycles. The third-order valence-electron chi connectivity index (χ3n) is 2.88. The Bertz CT molecular complexity index is 501. The highest BCUT2D eigenvalue weighted by atomic mass is 35.5. The van der Waals surface area contributed by atoms with Gasteiger partial charge < -0.3 is 5.11 Å². The van der Waals surface area contributed by atoms with Crippen molar-refractivity contribution in [1.29, 1.82) is 0 Å². The van der Waals surface area contributed by atoms with Crippen LogP contribution in [-0.4, -0.2) is 5.11 Å². The number of benzene rings is 1. The fourth-order valence-electron chi connectivity index (χ4n) is 1.72. The van der Waals surface area contributed by atoms with Crippen molar-refractivity contribution < 1.29 is 5.11 Å². The molecule has 2 rings (SSSR count). The van der Waals surface area contributed by atoms with E-state index in [0.717, 1.165) is 22.4 Å². The lowest BCUT2D eigenvalue weighted by Gasteiger charge is -2.10. The van der Waals surface area contributed by atoms with Crippen molar-refractivity contribution in [3.05, 3.63) is 56.2 Å². The molecule has 0 radical (unpaired) electrons. The molecule has 0 fully saturated rings. The lowest BCUT2D eigenvalue weighted by molar-refractivity contribution is 0.224. The average Bonchev–Trinajstić information content (AvgIpc) is 2.69. The highest BCUT2D eigenvalue weighted by Gasteiger charge is 2.17. The molecule has 3 heteroatoms. The number of aryl methyl sites for hydroxylation is 2. The molecule has 1 aromatic heterocycles. The normalized spacial score (nSPS) is 12.7. The summed E-state index contributed by atoms with van der Waals surface area (Å²) < 4.78 is 0. The van der Waals surface area contributed by atoms with E-state index in [1.807, 2.05) is 36.6 Å². The molecule has 0 saturated heterocycles. The van der Waals surface area contributed by atoms with Gasteiger partial charge >= 0.3 is 0 Å². The first kappa shape index (κ1) is 12.6. The minimum atomic E-state index is -0.618. The summed E-state index contributed by atoms with van der Waals surface area (Å²) in [5.74, 6) is 0. The van der Waals surface area contributed by atoms with Crippen molar-refractivity contribution in [3.63, 3.8) is 0 Å². The van der Waals surface area contributed by atoms with Crippen molar-refractivity contribution in [2.45, 2.75) is 26.4 Å². The number of halogens is 1. The Kier molecular flexibility index (Phi) is 3.87. The first-order chi connectivity index (χ1) is 8.13. The van der Waals surface area contributed by atoms with E-state index in [1.54, 1.807) is 0 Å². The van der Waals surface area contributed by atoms with E-state index in [0.29, 0.717) is 5.02 Å². The summed E-state index contributed by atoms with van der Waals surface area (Å²) in [7, 11) is 0. The molecule has 1 nitrogen and oxygen atoms in total. The van der Waals surface area contributed by atoms with Crippen LogP contribution in [0.4, 0.5) is 0 Å². The van der Waals surface area contributed by atoms with Crippen LogP contribution in [0.2, 0.25) is 5.02 Å². The van der Waals surface area contributed by atoms with Crippen molar-refractivity contribution in [2.75, 3.05) is 0 Å². The molecular formula is C14H15ClOS. The summed E-state index contributed by atoms with van der Waals surface area (Å²) in [6.07, 6.45) is 0.391.